The van der Waals surface area contributed by atoms with E-state index in [1.165, 1.54) is 6.08 Å². The van der Waals surface area contributed by atoms with Crippen molar-refractivity contribution in [3.8, 4) is 18.1 Å². The highest BCUT2D eigenvalue weighted by Gasteiger charge is 1.93. The lowest BCUT2D eigenvalue weighted by atomic mass is 10.2. The Labute approximate surface area is 87.3 Å². The summed E-state index contributed by atoms with van der Waals surface area (Å²) in [7, 11) is 0. The first-order chi connectivity index (χ1) is 7.22. The van der Waals surface area contributed by atoms with Gasteiger partial charge >= 0.3 is 0 Å². The Morgan fingerprint density at radius 2 is 2.13 bits per heavy atom. The van der Waals surface area contributed by atoms with Crippen molar-refractivity contribution >= 4 is 6.08 Å². The molecule has 15 heavy (non-hydrogen) atoms. The van der Waals surface area contributed by atoms with Gasteiger partial charge < -0.3 is 4.74 Å². The van der Waals surface area contributed by atoms with Gasteiger partial charge in [-0.3, -0.25) is 10.1 Å². The lowest BCUT2D eigenvalue weighted by molar-refractivity contribution is -0.400. The first-order valence-corrected chi connectivity index (χ1v) is 4.20. The number of hydrogen-bond acceptors (Lipinski definition) is 3. The second-order valence-electron chi connectivity index (χ2n) is 2.66. The summed E-state index contributed by atoms with van der Waals surface area (Å²) in [6, 6.07) is 6.84. The minimum atomic E-state index is -0.511. The van der Waals surface area contributed by atoms with Crippen LogP contribution < -0.4 is 4.74 Å². The summed E-state index contributed by atoms with van der Waals surface area (Å²) in [6.45, 7) is 0.212. The molecule has 0 aliphatic carbocycles. The van der Waals surface area contributed by atoms with Crippen molar-refractivity contribution in [1.82, 2.24) is 0 Å². The molecule has 0 amide bonds. The van der Waals surface area contributed by atoms with E-state index in [1.807, 2.05) is 0 Å². The van der Waals surface area contributed by atoms with E-state index in [-0.39, 0.29) is 6.61 Å². The number of nitro groups is 1. The van der Waals surface area contributed by atoms with E-state index >= 15 is 0 Å². The number of hydrogen-bond donors (Lipinski definition) is 0. The lowest BCUT2D eigenvalue weighted by Crippen LogP contribution is -1.92. The number of nitrogens with zero attached hydrogens (tertiary/aromatic N) is 1. The highest BCUT2D eigenvalue weighted by atomic mass is 16.6. The van der Waals surface area contributed by atoms with Crippen LogP contribution in [0, 0.1) is 22.5 Å². The third-order valence-corrected chi connectivity index (χ3v) is 1.59. The summed E-state index contributed by atoms with van der Waals surface area (Å²) in [5.41, 5.74) is 0.736. The Kier molecular flexibility index (Phi) is 3.92. The van der Waals surface area contributed by atoms with Crippen molar-refractivity contribution in [2.45, 2.75) is 0 Å². The van der Waals surface area contributed by atoms with Crippen molar-refractivity contribution in [3.63, 3.8) is 0 Å². The van der Waals surface area contributed by atoms with E-state index in [2.05, 4.69) is 5.92 Å². The van der Waals surface area contributed by atoms with Crippen LogP contribution in [0.25, 0.3) is 6.08 Å². The fourth-order valence-corrected chi connectivity index (χ4v) is 0.947. The molecule has 76 valence electrons. The van der Waals surface area contributed by atoms with Gasteiger partial charge in [-0.05, 0) is 17.7 Å². The largest absolute Gasteiger partial charge is 0.481 e. The highest BCUT2D eigenvalue weighted by Crippen LogP contribution is 2.12. The summed E-state index contributed by atoms with van der Waals surface area (Å²) in [5, 5.41) is 10.1. The van der Waals surface area contributed by atoms with E-state index < -0.39 is 4.92 Å². The fraction of sp³-hybridized carbons (Fsp3) is 0.0909. The molecule has 0 bridgehead atoms. The van der Waals surface area contributed by atoms with E-state index in [4.69, 9.17) is 11.2 Å². The molecule has 0 saturated heterocycles. The predicted octanol–water partition coefficient (Wildman–Crippen LogP) is 1.95. The van der Waals surface area contributed by atoms with Crippen molar-refractivity contribution in [1.29, 1.82) is 0 Å². The fourth-order valence-electron chi connectivity index (χ4n) is 0.947. The predicted molar refractivity (Wildman–Crippen MR) is 56.8 cm³/mol. The molecule has 0 aromatic heterocycles. The van der Waals surface area contributed by atoms with Crippen LogP contribution in [-0.4, -0.2) is 11.5 Å². The van der Waals surface area contributed by atoms with Gasteiger partial charge in [0.25, 0.3) is 0 Å². The van der Waals surface area contributed by atoms with Crippen LogP contribution >= 0.6 is 0 Å². The zero-order valence-corrected chi connectivity index (χ0v) is 7.92. The number of ether oxygens (including phenoxy) is 1. The van der Waals surface area contributed by atoms with Gasteiger partial charge in [0.15, 0.2) is 0 Å². The Bertz CT molecular complexity index is 401. The summed E-state index contributed by atoms with van der Waals surface area (Å²) in [4.78, 5) is 9.54. The molecule has 4 heteroatoms. The number of rotatable bonds is 4. The topological polar surface area (TPSA) is 52.4 Å². The minimum absolute atomic E-state index is 0.212. The van der Waals surface area contributed by atoms with Crippen LogP contribution in [0.3, 0.4) is 0 Å². The van der Waals surface area contributed by atoms with Gasteiger partial charge in [0.05, 0.1) is 4.92 Å². The molecule has 0 aliphatic rings. The Hall–Kier alpha value is -2.28. The normalized spacial score (nSPS) is 9.80. The average Bonchev–Trinajstić information content (AvgIpc) is 2.25. The van der Waals surface area contributed by atoms with Crippen molar-refractivity contribution in [3.05, 3.63) is 46.1 Å². The third kappa shape index (κ3) is 3.96. The molecule has 0 radical (unpaired) electrons. The molecular weight excluding hydrogens is 194 g/mol. The van der Waals surface area contributed by atoms with Gasteiger partial charge in [-0.1, -0.05) is 18.1 Å². The zero-order chi connectivity index (χ0) is 11.1. The molecule has 0 unspecified atom stereocenters. The van der Waals surface area contributed by atoms with Crippen LogP contribution in [0.5, 0.6) is 5.75 Å². The van der Waals surface area contributed by atoms with Crippen LogP contribution in [-0.2, 0) is 0 Å². The zero-order valence-electron chi connectivity index (χ0n) is 7.92. The first-order valence-electron chi connectivity index (χ1n) is 4.20. The number of benzene rings is 1. The maximum absolute atomic E-state index is 10.1. The first kappa shape index (κ1) is 10.8. The third-order valence-electron chi connectivity index (χ3n) is 1.59. The molecule has 0 saturated carbocycles. The lowest BCUT2D eigenvalue weighted by Gasteiger charge is -2.01. The van der Waals surface area contributed by atoms with Gasteiger partial charge in [-0.15, -0.1) is 6.42 Å². The van der Waals surface area contributed by atoms with Crippen LogP contribution in [0.1, 0.15) is 5.56 Å². The van der Waals surface area contributed by atoms with E-state index in [1.54, 1.807) is 24.3 Å². The molecule has 4 nitrogen and oxygen atoms in total. The smallest absolute Gasteiger partial charge is 0.235 e. The van der Waals surface area contributed by atoms with Crippen LogP contribution in [0.15, 0.2) is 30.5 Å². The molecule has 1 rings (SSSR count). The SMILES string of the molecule is C#CCOc1ccc(C=C[N+](=O)[O-])cc1. The van der Waals surface area contributed by atoms with Crippen molar-refractivity contribution in [2.24, 2.45) is 0 Å². The van der Waals surface area contributed by atoms with Gasteiger partial charge in [-0.25, -0.2) is 0 Å². The average molecular weight is 203 g/mol. The summed E-state index contributed by atoms with van der Waals surface area (Å²) >= 11 is 0. The summed E-state index contributed by atoms with van der Waals surface area (Å²) in [5.74, 6) is 2.99. The Balaban J connectivity index is 2.64. The van der Waals surface area contributed by atoms with E-state index in [0.717, 1.165) is 11.8 Å². The van der Waals surface area contributed by atoms with Crippen LogP contribution in [0.2, 0.25) is 0 Å². The van der Waals surface area contributed by atoms with E-state index in [0.29, 0.717) is 5.75 Å². The number of terminal acetylenes is 1. The molecule has 0 aliphatic heterocycles. The standard InChI is InChI=1S/C11H9NO3/c1-2-9-15-11-5-3-10(4-6-11)7-8-12(13)14/h1,3-8H,9H2. The Morgan fingerprint density at radius 3 is 2.67 bits per heavy atom. The molecule has 0 heterocycles. The maximum atomic E-state index is 10.1. The van der Waals surface area contributed by atoms with Gasteiger partial charge in [0.1, 0.15) is 12.4 Å². The molecule has 0 atom stereocenters. The Morgan fingerprint density at radius 1 is 1.47 bits per heavy atom. The van der Waals surface area contributed by atoms with Crippen molar-refractivity contribution < 1.29 is 9.66 Å². The second-order valence-corrected chi connectivity index (χ2v) is 2.66. The van der Waals surface area contributed by atoms with Gasteiger partial charge in [-0.2, -0.15) is 0 Å². The van der Waals surface area contributed by atoms with Crippen LogP contribution in [0.4, 0.5) is 0 Å². The molecular formula is C11H9NO3. The van der Waals surface area contributed by atoms with Gasteiger partial charge in [0, 0.05) is 6.08 Å². The quantitative estimate of drug-likeness (QED) is 0.427. The van der Waals surface area contributed by atoms with Gasteiger partial charge in [0.2, 0.25) is 6.20 Å². The van der Waals surface area contributed by atoms with E-state index in [9.17, 15) is 10.1 Å². The summed E-state index contributed by atoms with van der Waals surface area (Å²) < 4.78 is 5.14. The highest BCUT2D eigenvalue weighted by molar-refractivity contribution is 5.49. The molecule has 0 N–H and O–H groups in total. The molecule has 0 spiro atoms. The minimum Gasteiger partial charge on any atom is -0.481 e. The monoisotopic (exact) mass is 203 g/mol. The molecule has 1 aromatic rings. The van der Waals surface area contributed by atoms with Crippen molar-refractivity contribution in [2.75, 3.05) is 6.61 Å². The second kappa shape index (κ2) is 5.45. The molecule has 1 aromatic carbocycles. The maximum Gasteiger partial charge on any atom is 0.235 e. The summed E-state index contributed by atoms with van der Waals surface area (Å²) in [6.07, 6.45) is 7.32. The molecule has 0 fully saturated rings.